The molecule has 0 aliphatic heterocycles. The van der Waals surface area contributed by atoms with Crippen molar-refractivity contribution < 1.29 is 4.39 Å². The summed E-state index contributed by atoms with van der Waals surface area (Å²) in [6, 6.07) is 0.347. The van der Waals surface area contributed by atoms with Crippen LogP contribution in [0.4, 0.5) is 4.39 Å². The lowest BCUT2D eigenvalue weighted by molar-refractivity contribution is 0.200. The van der Waals surface area contributed by atoms with Gasteiger partial charge in [0.05, 0.1) is 0 Å². The van der Waals surface area contributed by atoms with E-state index in [2.05, 4.69) is 5.32 Å². The molecule has 60 valence electrons. The van der Waals surface area contributed by atoms with E-state index in [-0.39, 0.29) is 6.04 Å². The molecule has 3 heteroatoms. The molecule has 3 atom stereocenters. The average Bonchev–Trinajstić information content (AvgIpc) is 1.85. The van der Waals surface area contributed by atoms with Crippen molar-refractivity contribution in [3.63, 3.8) is 0 Å². The lowest BCUT2D eigenvalue weighted by Gasteiger charge is -2.28. The van der Waals surface area contributed by atoms with Crippen molar-refractivity contribution in [1.82, 2.24) is 5.32 Å². The third kappa shape index (κ3) is 1.92. The molecule has 0 amide bonds. The van der Waals surface area contributed by atoms with Crippen molar-refractivity contribution in [3.05, 3.63) is 0 Å². The summed E-state index contributed by atoms with van der Waals surface area (Å²) in [6.45, 7) is 0. The third-order valence-corrected chi connectivity index (χ3v) is 2.09. The molecule has 1 rings (SSSR count). The third-order valence-electron chi connectivity index (χ3n) is 2.09. The SMILES string of the molecule is CNC1CC(N)CC(F)C1. The van der Waals surface area contributed by atoms with Crippen LogP contribution in [0, 0.1) is 0 Å². The van der Waals surface area contributed by atoms with Crippen molar-refractivity contribution in [1.29, 1.82) is 0 Å². The summed E-state index contributed by atoms with van der Waals surface area (Å²) in [5, 5.41) is 3.04. The predicted molar refractivity (Wildman–Crippen MR) is 39.6 cm³/mol. The van der Waals surface area contributed by atoms with Crippen LogP contribution in [0.2, 0.25) is 0 Å². The second-order valence-electron chi connectivity index (χ2n) is 3.05. The van der Waals surface area contributed by atoms with E-state index in [1.54, 1.807) is 0 Å². The maximum Gasteiger partial charge on any atom is 0.103 e. The van der Waals surface area contributed by atoms with Gasteiger partial charge in [-0.1, -0.05) is 0 Å². The van der Waals surface area contributed by atoms with E-state index >= 15 is 0 Å². The Bertz CT molecular complexity index is 97.8. The molecule has 1 saturated carbocycles. The van der Waals surface area contributed by atoms with Gasteiger partial charge in [0.1, 0.15) is 6.17 Å². The van der Waals surface area contributed by atoms with Gasteiger partial charge in [0, 0.05) is 12.1 Å². The second kappa shape index (κ2) is 3.30. The highest BCUT2D eigenvalue weighted by Gasteiger charge is 2.25. The molecular formula is C7H15FN2. The highest BCUT2D eigenvalue weighted by Crippen LogP contribution is 2.19. The van der Waals surface area contributed by atoms with Gasteiger partial charge in [0.2, 0.25) is 0 Å². The molecule has 0 aromatic carbocycles. The van der Waals surface area contributed by atoms with Crippen LogP contribution in [0.15, 0.2) is 0 Å². The van der Waals surface area contributed by atoms with E-state index < -0.39 is 6.17 Å². The maximum absolute atomic E-state index is 12.8. The minimum atomic E-state index is -0.693. The standard InChI is InChI=1S/C7H15FN2/c1-10-7-3-5(8)2-6(9)4-7/h5-7,10H,2-4,9H2,1H3. The lowest BCUT2D eigenvalue weighted by Crippen LogP contribution is -2.42. The van der Waals surface area contributed by atoms with Gasteiger partial charge in [-0.3, -0.25) is 0 Å². The van der Waals surface area contributed by atoms with E-state index in [0.29, 0.717) is 18.9 Å². The second-order valence-corrected chi connectivity index (χ2v) is 3.05. The minimum absolute atomic E-state index is 0.0567. The fourth-order valence-corrected chi connectivity index (χ4v) is 1.53. The normalized spacial score (nSPS) is 41.7. The first-order chi connectivity index (χ1) is 4.72. The van der Waals surface area contributed by atoms with E-state index in [1.807, 2.05) is 7.05 Å². The molecule has 1 fully saturated rings. The summed E-state index contributed by atoms with van der Waals surface area (Å²) >= 11 is 0. The molecule has 0 aromatic heterocycles. The molecule has 1 aliphatic rings. The summed E-state index contributed by atoms with van der Waals surface area (Å²) in [5.41, 5.74) is 5.61. The molecule has 3 N–H and O–H groups in total. The van der Waals surface area contributed by atoms with Crippen LogP contribution in [0.3, 0.4) is 0 Å². The Kier molecular flexibility index (Phi) is 2.63. The molecule has 3 unspecified atom stereocenters. The Balaban J connectivity index is 2.35. The number of hydrogen-bond acceptors (Lipinski definition) is 2. The number of alkyl halides is 1. The first kappa shape index (κ1) is 7.95. The van der Waals surface area contributed by atoms with E-state index in [0.717, 1.165) is 6.42 Å². The number of hydrogen-bond donors (Lipinski definition) is 2. The van der Waals surface area contributed by atoms with Gasteiger partial charge in [0.15, 0.2) is 0 Å². The van der Waals surface area contributed by atoms with Crippen LogP contribution in [0.25, 0.3) is 0 Å². The molecule has 0 bridgehead atoms. The Morgan fingerprint density at radius 3 is 2.60 bits per heavy atom. The van der Waals surface area contributed by atoms with Gasteiger partial charge < -0.3 is 11.1 Å². The van der Waals surface area contributed by atoms with Crippen molar-refractivity contribution in [3.8, 4) is 0 Å². The molecule has 0 heterocycles. The molecule has 1 aliphatic carbocycles. The summed E-state index contributed by atoms with van der Waals surface area (Å²) in [4.78, 5) is 0. The number of nitrogens with one attached hydrogen (secondary N) is 1. The van der Waals surface area contributed by atoms with E-state index in [1.165, 1.54) is 0 Å². The van der Waals surface area contributed by atoms with Crippen molar-refractivity contribution in [2.75, 3.05) is 7.05 Å². The van der Waals surface area contributed by atoms with Crippen LogP contribution in [0.5, 0.6) is 0 Å². The molecule has 2 nitrogen and oxygen atoms in total. The zero-order valence-electron chi connectivity index (χ0n) is 6.31. The van der Waals surface area contributed by atoms with Crippen LogP contribution < -0.4 is 11.1 Å². The van der Waals surface area contributed by atoms with Crippen molar-refractivity contribution in [2.24, 2.45) is 5.73 Å². The lowest BCUT2D eigenvalue weighted by atomic mass is 9.90. The summed E-state index contributed by atoms with van der Waals surface area (Å²) in [5.74, 6) is 0. The van der Waals surface area contributed by atoms with E-state index in [4.69, 9.17) is 5.73 Å². The fraction of sp³-hybridized carbons (Fsp3) is 1.00. The maximum atomic E-state index is 12.8. The molecule has 0 spiro atoms. The summed E-state index contributed by atoms with van der Waals surface area (Å²) < 4.78 is 12.8. The van der Waals surface area contributed by atoms with Gasteiger partial charge in [-0.15, -0.1) is 0 Å². The summed E-state index contributed by atoms with van der Waals surface area (Å²) in [7, 11) is 1.86. The minimum Gasteiger partial charge on any atom is -0.328 e. The molecule has 0 saturated heterocycles. The Morgan fingerprint density at radius 1 is 1.40 bits per heavy atom. The van der Waals surface area contributed by atoms with Gasteiger partial charge in [-0.25, -0.2) is 4.39 Å². The molecule has 0 radical (unpaired) electrons. The topological polar surface area (TPSA) is 38.0 Å². The predicted octanol–water partition coefficient (Wildman–Crippen LogP) is 0.424. The van der Waals surface area contributed by atoms with Gasteiger partial charge in [0.25, 0.3) is 0 Å². The average molecular weight is 146 g/mol. The highest BCUT2D eigenvalue weighted by molar-refractivity contribution is 4.83. The first-order valence-electron chi connectivity index (χ1n) is 3.79. The number of nitrogens with two attached hydrogens (primary N) is 1. The Morgan fingerprint density at radius 2 is 2.10 bits per heavy atom. The Labute approximate surface area is 61.0 Å². The zero-order chi connectivity index (χ0) is 7.56. The van der Waals surface area contributed by atoms with Gasteiger partial charge >= 0.3 is 0 Å². The van der Waals surface area contributed by atoms with Crippen LogP contribution in [0.1, 0.15) is 19.3 Å². The largest absolute Gasteiger partial charge is 0.328 e. The monoisotopic (exact) mass is 146 g/mol. The Hall–Kier alpha value is -0.150. The van der Waals surface area contributed by atoms with Crippen LogP contribution in [-0.4, -0.2) is 25.3 Å². The zero-order valence-corrected chi connectivity index (χ0v) is 6.31. The summed E-state index contributed by atoms with van der Waals surface area (Å²) in [6.07, 6.45) is 1.39. The number of rotatable bonds is 1. The quantitative estimate of drug-likeness (QED) is 0.562. The number of halogens is 1. The highest BCUT2D eigenvalue weighted by atomic mass is 19.1. The molecule has 10 heavy (non-hydrogen) atoms. The van der Waals surface area contributed by atoms with Crippen LogP contribution in [-0.2, 0) is 0 Å². The van der Waals surface area contributed by atoms with Gasteiger partial charge in [-0.05, 0) is 26.3 Å². The van der Waals surface area contributed by atoms with Crippen molar-refractivity contribution >= 4 is 0 Å². The van der Waals surface area contributed by atoms with Crippen molar-refractivity contribution in [2.45, 2.75) is 37.5 Å². The fourth-order valence-electron chi connectivity index (χ4n) is 1.53. The van der Waals surface area contributed by atoms with Gasteiger partial charge in [-0.2, -0.15) is 0 Å². The smallest absolute Gasteiger partial charge is 0.103 e. The van der Waals surface area contributed by atoms with E-state index in [9.17, 15) is 4.39 Å². The first-order valence-corrected chi connectivity index (χ1v) is 3.79. The van der Waals surface area contributed by atoms with Crippen LogP contribution >= 0.6 is 0 Å². The molecule has 0 aromatic rings. The molecular weight excluding hydrogens is 131 g/mol.